The number of nitrogens with zero attached hydrogens (tertiary/aromatic N) is 2. The number of amides is 2. The first-order valence-electron chi connectivity index (χ1n) is 12.3. The molecule has 1 aromatic heterocycles. The molecule has 0 aliphatic heterocycles. The molecule has 0 saturated heterocycles. The SMILES string of the molecule is CSCCC(NC(=O)c1ccc(N(C(=O)O)c2ccc3nc[nH]c3c2)cc1-c1ccccc1)C(=O)O.O=C(O)C(F)(F)F. The van der Waals surface area contributed by atoms with Crippen LogP contribution in [0.3, 0.4) is 0 Å². The second kappa shape index (κ2) is 14.2. The standard InChI is InChI=1S/C26H24N4O5S.C2HF3O2/c1-36-12-11-22(25(32)33)29-24(31)19-9-7-17(13-20(19)16-5-3-2-4-6-16)30(26(34)35)18-8-10-21-23(14-18)28-15-27-21;3-2(4,5)1(6)7/h2-10,13-15,22H,11-12H2,1H3,(H,27,28)(H,29,31)(H,32,33)(H,34,35);(H,6,7). The Hall–Kier alpha value is -5.05. The fraction of sp³-hybridized carbons (Fsp3) is 0.179. The first-order valence-corrected chi connectivity index (χ1v) is 13.7. The number of carbonyl (C=O) groups excluding carboxylic acids is 1. The molecule has 0 fully saturated rings. The second-order valence-corrected chi connectivity index (χ2v) is 9.75. The van der Waals surface area contributed by atoms with Gasteiger partial charge in [0.05, 0.1) is 28.7 Å². The number of aromatic nitrogens is 2. The van der Waals surface area contributed by atoms with E-state index in [1.165, 1.54) is 30.2 Å². The average molecular weight is 619 g/mol. The van der Waals surface area contributed by atoms with Crippen molar-refractivity contribution < 1.29 is 47.7 Å². The van der Waals surface area contributed by atoms with Crippen molar-refractivity contribution >= 4 is 58.1 Å². The van der Waals surface area contributed by atoms with Gasteiger partial charge in [0.2, 0.25) is 0 Å². The van der Waals surface area contributed by atoms with E-state index in [4.69, 9.17) is 9.90 Å². The first-order chi connectivity index (χ1) is 20.3. The summed E-state index contributed by atoms with van der Waals surface area (Å²) in [4.78, 5) is 54.3. The maximum Gasteiger partial charge on any atom is 0.490 e. The lowest BCUT2D eigenvalue weighted by molar-refractivity contribution is -0.192. The topological polar surface area (TPSA) is 173 Å². The molecule has 1 unspecified atom stereocenters. The molecule has 1 heterocycles. The third-order valence-electron chi connectivity index (χ3n) is 5.90. The number of aliphatic carboxylic acids is 2. The predicted octanol–water partition coefficient (Wildman–Crippen LogP) is 5.62. The number of halogens is 3. The minimum absolute atomic E-state index is 0.245. The molecule has 5 N–H and O–H groups in total. The van der Waals surface area contributed by atoms with Crippen molar-refractivity contribution in [2.24, 2.45) is 0 Å². The number of carboxylic acids is 2. The highest BCUT2D eigenvalue weighted by Crippen LogP contribution is 2.33. The molecule has 3 aromatic carbocycles. The Kier molecular flexibility index (Phi) is 10.7. The van der Waals surface area contributed by atoms with Gasteiger partial charge >= 0.3 is 24.2 Å². The van der Waals surface area contributed by atoms with Gasteiger partial charge in [-0.15, -0.1) is 0 Å². The monoisotopic (exact) mass is 618 g/mol. The highest BCUT2D eigenvalue weighted by atomic mass is 32.2. The lowest BCUT2D eigenvalue weighted by Gasteiger charge is -2.22. The number of imidazole rings is 1. The van der Waals surface area contributed by atoms with Crippen molar-refractivity contribution in [1.29, 1.82) is 0 Å². The summed E-state index contributed by atoms with van der Waals surface area (Å²) in [5.41, 5.74) is 3.53. The van der Waals surface area contributed by atoms with Crippen LogP contribution in [0.1, 0.15) is 16.8 Å². The Morgan fingerprint density at radius 2 is 1.60 bits per heavy atom. The zero-order valence-corrected chi connectivity index (χ0v) is 23.1. The van der Waals surface area contributed by atoms with Crippen LogP contribution in [0.25, 0.3) is 22.2 Å². The zero-order chi connectivity index (χ0) is 31.7. The Morgan fingerprint density at radius 1 is 0.977 bits per heavy atom. The summed E-state index contributed by atoms with van der Waals surface area (Å²) >= 11 is 1.50. The number of alkyl halides is 3. The van der Waals surface area contributed by atoms with E-state index >= 15 is 0 Å². The zero-order valence-electron chi connectivity index (χ0n) is 22.3. The van der Waals surface area contributed by atoms with Gasteiger partial charge in [-0.3, -0.25) is 4.79 Å². The summed E-state index contributed by atoms with van der Waals surface area (Å²) < 4.78 is 31.7. The molecule has 0 aliphatic rings. The van der Waals surface area contributed by atoms with E-state index in [-0.39, 0.29) is 12.0 Å². The van der Waals surface area contributed by atoms with E-state index in [0.717, 1.165) is 4.90 Å². The summed E-state index contributed by atoms with van der Waals surface area (Å²) in [7, 11) is 0. The lowest BCUT2D eigenvalue weighted by atomic mass is 9.97. The fourth-order valence-corrected chi connectivity index (χ4v) is 4.36. The van der Waals surface area contributed by atoms with Gasteiger partial charge in [-0.2, -0.15) is 24.9 Å². The number of carbonyl (C=O) groups is 4. The van der Waals surface area contributed by atoms with Crippen LogP contribution in [0.15, 0.2) is 73.1 Å². The quantitative estimate of drug-likeness (QED) is 0.160. The van der Waals surface area contributed by atoms with Crippen LogP contribution in [-0.4, -0.2) is 73.5 Å². The van der Waals surface area contributed by atoms with Gasteiger partial charge in [0.1, 0.15) is 6.04 Å². The number of anilines is 2. The number of benzene rings is 3. The molecule has 0 radical (unpaired) electrons. The molecule has 43 heavy (non-hydrogen) atoms. The fourth-order valence-electron chi connectivity index (χ4n) is 3.89. The van der Waals surface area contributed by atoms with Crippen LogP contribution < -0.4 is 10.2 Å². The highest BCUT2D eigenvalue weighted by Gasteiger charge is 2.38. The van der Waals surface area contributed by atoms with Crippen LogP contribution in [0.2, 0.25) is 0 Å². The third kappa shape index (κ3) is 8.48. The summed E-state index contributed by atoms with van der Waals surface area (Å²) in [6.45, 7) is 0. The Morgan fingerprint density at radius 3 is 2.19 bits per heavy atom. The molecule has 11 nitrogen and oxygen atoms in total. The van der Waals surface area contributed by atoms with Crippen molar-refractivity contribution in [3.8, 4) is 11.1 Å². The number of fused-ring (bicyclic) bond motifs is 1. The van der Waals surface area contributed by atoms with Crippen LogP contribution in [0.4, 0.5) is 29.3 Å². The van der Waals surface area contributed by atoms with Gasteiger partial charge in [0.25, 0.3) is 5.91 Å². The maximum absolute atomic E-state index is 13.2. The summed E-state index contributed by atoms with van der Waals surface area (Å²) in [6.07, 6.45) is -2.60. The average Bonchev–Trinajstić information content (AvgIpc) is 3.43. The van der Waals surface area contributed by atoms with Crippen molar-refractivity contribution in [3.63, 3.8) is 0 Å². The molecule has 0 spiro atoms. The molecular formula is C28H25F3N4O7S. The number of thioether (sulfide) groups is 1. The van der Waals surface area contributed by atoms with Crippen LogP contribution in [-0.2, 0) is 9.59 Å². The second-order valence-electron chi connectivity index (χ2n) is 8.77. The van der Waals surface area contributed by atoms with Gasteiger partial charge < -0.3 is 25.6 Å². The normalized spacial score (nSPS) is 11.6. The number of nitrogens with one attached hydrogen (secondary N) is 2. The molecule has 0 bridgehead atoms. The summed E-state index contributed by atoms with van der Waals surface area (Å²) in [5, 5.41) is 29.3. The van der Waals surface area contributed by atoms with Gasteiger partial charge in [-0.25, -0.2) is 24.3 Å². The van der Waals surface area contributed by atoms with Crippen LogP contribution in [0.5, 0.6) is 0 Å². The number of rotatable bonds is 9. The third-order valence-corrected chi connectivity index (χ3v) is 6.54. The molecule has 4 aromatic rings. The van der Waals surface area contributed by atoms with Crippen LogP contribution in [0, 0.1) is 0 Å². The van der Waals surface area contributed by atoms with Gasteiger partial charge in [-0.1, -0.05) is 30.3 Å². The maximum atomic E-state index is 13.2. The minimum Gasteiger partial charge on any atom is -0.480 e. The van der Waals surface area contributed by atoms with Gasteiger partial charge in [0.15, 0.2) is 0 Å². The highest BCUT2D eigenvalue weighted by molar-refractivity contribution is 7.98. The number of H-pyrrole nitrogens is 1. The summed E-state index contributed by atoms with van der Waals surface area (Å²) in [5.74, 6) is -3.83. The largest absolute Gasteiger partial charge is 0.490 e. The number of carboxylic acid groups (broad SMARTS) is 3. The molecule has 0 saturated carbocycles. The van der Waals surface area contributed by atoms with E-state index in [9.17, 15) is 37.8 Å². The van der Waals surface area contributed by atoms with E-state index in [0.29, 0.717) is 39.3 Å². The van der Waals surface area contributed by atoms with Crippen molar-refractivity contribution in [2.45, 2.75) is 18.6 Å². The van der Waals surface area contributed by atoms with Crippen molar-refractivity contribution in [2.75, 3.05) is 16.9 Å². The molecule has 4 rings (SSSR count). The molecule has 0 aliphatic carbocycles. The number of hydrogen-bond acceptors (Lipinski definition) is 6. The van der Waals surface area contributed by atoms with E-state index in [1.54, 1.807) is 36.4 Å². The van der Waals surface area contributed by atoms with Gasteiger partial charge in [-0.05, 0) is 66.0 Å². The molecule has 15 heteroatoms. The minimum atomic E-state index is -5.08. The Labute approximate surface area is 246 Å². The molecule has 1 atom stereocenters. The van der Waals surface area contributed by atoms with Crippen molar-refractivity contribution in [3.05, 3.63) is 78.6 Å². The Bertz CT molecular complexity index is 1610. The van der Waals surface area contributed by atoms with E-state index in [1.807, 2.05) is 24.5 Å². The molecule has 226 valence electrons. The molecular weight excluding hydrogens is 593 g/mol. The van der Waals surface area contributed by atoms with Crippen molar-refractivity contribution in [1.82, 2.24) is 15.3 Å². The first kappa shape index (κ1) is 32.5. The van der Waals surface area contributed by atoms with Gasteiger partial charge in [0, 0.05) is 5.56 Å². The predicted molar refractivity (Wildman–Crippen MR) is 154 cm³/mol. The number of aromatic amines is 1. The Balaban J connectivity index is 0.000000646. The van der Waals surface area contributed by atoms with Crippen LogP contribution >= 0.6 is 11.8 Å². The van der Waals surface area contributed by atoms with E-state index < -0.39 is 36.2 Å². The van der Waals surface area contributed by atoms with E-state index in [2.05, 4.69) is 15.3 Å². The lowest BCUT2D eigenvalue weighted by Crippen LogP contribution is -2.41. The molecule has 2 amide bonds. The smallest absolute Gasteiger partial charge is 0.480 e. The number of hydrogen-bond donors (Lipinski definition) is 5. The summed E-state index contributed by atoms with van der Waals surface area (Å²) in [6, 6.07) is 17.8.